The van der Waals surface area contributed by atoms with Gasteiger partial charge in [0.15, 0.2) is 0 Å². The van der Waals surface area contributed by atoms with Crippen molar-refractivity contribution >= 4 is 5.78 Å². The molecule has 5 aliphatic rings. The molecule has 6 rings (SSSR count). The van der Waals surface area contributed by atoms with Crippen LogP contribution < -0.4 is 10.1 Å². The minimum absolute atomic E-state index is 0.0162. The van der Waals surface area contributed by atoms with Crippen LogP contribution >= 0.6 is 0 Å². The van der Waals surface area contributed by atoms with Crippen LogP contribution in [0.25, 0.3) is 0 Å². The van der Waals surface area contributed by atoms with Crippen molar-refractivity contribution in [3.63, 3.8) is 0 Å². The molecule has 1 aromatic carbocycles. The van der Waals surface area contributed by atoms with Gasteiger partial charge in [0.1, 0.15) is 11.5 Å². The normalized spacial score (nSPS) is 40.2. The van der Waals surface area contributed by atoms with E-state index in [9.17, 15) is 9.90 Å². The first-order valence-corrected chi connectivity index (χ1v) is 16.1. The Morgan fingerprint density at radius 1 is 1.03 bits per heavy atom. The molecule has 1 aromatic rings. The first-order chi connectivity index (χ1) is 18.4. The van der Waals surface area contributed by atoms with E-state index in [0.717, 1.165) is 50.2 Å². The maximum atomic E-state index is 12.2. The maximum Gasteiger partial charge on any atom is 0.133 e. The first kappa shape index (κ1) is 26.8. The van der Waals surface area contributed by atoms with Gasteiger partial charge in [0.05, 0.1) is 12.7 Å². The van der Waals surface area contributed by atoms with E-state index in [1.807, 2.05) is 0 Å². The van der Waals surface area contributed by atoms with Crippen LogP contribution in [0.4, 0.5) is 0 Å². The Kier molecular flexibility index (Phi) is 7.68. The number of rotatable bonds is 7. The van der Waals surface area contributed by atoms with E-state index in [0.29, 0.717) is 47.6 Å². The van der Waals surface area contributed by atoms with Crippen molar-refractivity contribution in [3.8, 4) is 5.75 Å². The zero-order valence-corrected chi connectivity index (χ0v) is 23.9. The summed E-state index contributed by atoms with van der Waals surface area (Å²) >= 11 is 0. The number of carbonyl (C=O) groups is 1. The fourth-order valence-electron chi connectivity index (χ4n) is 10.3. The zero-order chi connectivity index (χ0) is 26.3. The number of ether oxygens (including phenoxy) is 1. The fourth-order valence-corrected chi connectivity index (χ4v) is 10.3. The van der Waals surface area contributed by atoms with Crippen molar-refractivity contribution in [2.45, 2.75) is 128 Å². The molecule has 4 heteroatoms. The van der Waals surface area contributed by atoms with Gasteiger partial charge in [0, 0.05) is 30.3 Å². The molecule has 5 unspecified atom stereocenters. The average Bonchev–Trinajstić information content (AvgIpc) is 3.26. The number of hydrogen-bond acceptors (Lipinski definition) is 4. The highest BCUT2D eigenvalue weighted by atomic mass is 16.5. The van der Waals surface area contributed by atoms with Crippen molar-refractivity contribution in [2.24, 2.45) is 34.5 Å². The lowest BCUT2D eigenvalue weighted by molar-refractivity contribution is -0.145. The Balaban J connectivity index is 1.10. The monoisotopic (exact) mass is 521 g/mol. The van der Waals surface area contributed by atoms with Gasteiger partial charge >= 0.3 is 0 Å². The number of nitrogens with one attached hydrogen (secondary N) is 1. The summed E-state index contributed by atoms with van der Waals surface area (Å²) in [6.45, 7) is 5.48. The van der Waals surface area contributed by atoms with Crippen LogP contribution in [0.1, 0.15) is 122 Å². The number of benzene rings is 1. The highest BCUT2D eigenvalue weighted by molar-refractivity contribution is 5.79. The predicted molar refractivity (Wildman–Crippen MR) is 152 cm³/mol. The van der Waals surface area contributed by atoms with Gasteiger partial charge in [-0.3, -0.25) is 4.79 Å². The van der Waals surface area contributed by atoms with E-state index < -0.39 is 0 Å². The van der Waals surface area contributed by atoms with Gasteiger partial charge in [-0.2, -0.15) is 0 Å². The van der Waals surface area contributed by atoms with Crippen LogP contribution in [-0.2, 0) is 4.79 Å². The molecule has 0 radical (unpaired) electrons. The molecule has 5 fully saturated rings. The quantitative estimate of drug-likeness (QED) is 0.393. The summed E-state index contributed by atoms with van der Waals surface area (Å²) in [7, 11) is 0. The molecule has 0 amide bonds. The van der Waals surface area contributed by atoms with Crippen LogP contribution in [0.15, 0.2) is 24.3 Å². The predicted octanol–water partition coefficient (Wildman–Crippen LogP) is 7.39. The fraction of sp³-hybridized carbons (Fsp3) is 0.794. The van der Waals surface area contributed by atoms with Crippen molar-refractivity contribution in [3.05, 3.63) is 29.8 Å². The smallest absolute Gasteiger partial charge is 0.133 e. The summed E-state index contributed by atoms with van der Waals surface area (Å²) in [6, 6.07) is 9.66. The second-order valence-electron chi connectivity index (χ2n) is 14.2. The third-order valence-electron chi connectivity index (χ3n) is 12.4. The minimum atomic E-state index is -0.193. The van der Waals surface area contributed by atoms with Crippen molar-refractivity contribution in [1.29, 1.82) is 0 Å². The molecule has 38 heavy (non-hydrogen) atoms. The van der Waals surface area contributed by atoms with E-state index in [2.05, 4.69) is 43.4 Å². The van der Waals surface area contributed by atoms with Gasteiger partial charge < -0.3 is 15.2 Å². The number of ketones is 1. The third-order valence-corrected chi connectivity index (χ3v) is 12.4. The number of aliphatic hydroxyl groups is 1. The molecule has 0 bridgehead atoms. The lowest BCUT2D eigenvalue weighted by Crippen LogP contribution is -2.55. The summed E-state index contributed by atoms with van der Waals surface area (Å²) < 4.78 is 6.42. The molecular weight excluding hydrogens is 470 g/mol. The molecule has 0 saturated heterocycles. The van der Waals surface area contributed by atoms with Gasteiger partial charge in [-0.1, -0.05) is 38.3 Å². The van der Waals surface area contributed by atoms with E-state index in [1.54, 1.807) is 0 Å². The molecular formula is C34H51NO3. The average molecular weight is 522 g/mol. The molecule has 0 aliphatic heterocycles. The summed E-state index contributed by atoms with van der Waals surface area (Å²) in [6.07, 6.45) is 17.1. The van der Waals surface area contributed by atoms with Crippen LogP contribution in [0, 0.1) is 34.5 Å². The Morgan fingerprint density at radius 2 is 1.87 bits per heavy atom. The van der Waals surface area contributed by atoms with Crippen LogP contribution in [-0.4, -0.2) is 29.6 Å². The SMILES string of the molecule is C[C@@H](NC1CCCCC1)c1cccc(OCC[C@]23CCC4C(CCC5CC(=O)CC[C@@]54C)C2CCC3O)c1. The highest BCUT2D eigenvalue weighted by Crippen LogP contribution is 2.66. The summed E-state index contributed by atoms with van der Waals surface area (Å²) in [4.78, 5) is 12.2. The van der Waals surface area contributed by atoms with Crippen molar-refractivity contribution in [2.75, 3.05) is 6.61 Å². The second kappa shape index (κ2) is 10.9. The van der Waals surface area contributed by atoms with Crippen molar-refractivity contribution in [1.82, 2.24) is 5.32 Å². The molecule has 5 aliphatic carbocycles. The number of aliphatic hydroxyl groups excluding tert-OH is 1. The van der Waals surface area contributed by atoms with Crippen LogP contribution in [0.5, 0.6) is 5.75 Å². The number of fused-ring (bicyclic) bond motifs is 5. The lowest BCUT2D eigenvalue weighted by atomic mass is 9.44. The molecule has 4 nitrogen and oxygen atoms in total. The second-order valence-corrected chi connectivity index (χ2v) is 14.2. The van der Waals surface area contributed by atoms with E-state index in [1.165, 1.54) is 63.4 Å². The Hall–Kier alpha value is -1.39. The third kappa shape index (κ3) is 4.87. The lowest BCUT2D eigenvalue weighted by Gasteiger charge is -2.60. The first-order valence-electron chi connectivity index (χ1n) is 16.1. The van der Waals surface area contributed by atoms with Crippen molar-refractivity contribution < 1.29 is 14.6 Å². The molecule has 8 atom stereocenters. The molecule has 0 aromatic heterocycles. The molecule has 210 valence electrons. The van der Waals surface area contributed by atoms with Gasteiger partial charge in [-0.25, -0.2) is 0 Å². The van der Waals surface area contributed by atoms with Crippen LogP contribution in [0.2, 0.25) is 0 Å². The molecule has 0 heterocycles. The minimum Gasteiger partial charge on any atom is -0.494 e. The van der Waals surface area contributed by atoms with Gasteiger partial charge in [0.25, 0.3) is 0 Å². The van der Waals surface area contributed by atoms with Gasteiger partial charge in [0.2, 0.25) is 0 Å². The van der Waals surface area contributed by atoms with Gasteiger partial charge in [-0.15, -0.1) is 0 Å². The number of carbonyl (C=O) groups excluding carboxylic acids is 1. The largest absolute Gasteiger partial charge is 0.494 e. The van der Waals surface area contributed by atoms with Crippen LogP contribution in [0.3, 0.4) is 0 Å². The Labute approximate surface area is 230 Å². The summed E-state index contributed by atoms with van der Waals surface area (Å²) in [5.74, 6) is 4.11. The Bertz CT molecular complexity index is 988. The standard InChI is InChI=1S/C34H51NO3/c1-23(35-26-8-4-3-5-9-26)24-7-6-10-28(21-24)38-20-19-34-18-16-30-29(31(34)13-14-32(34)37)12-11-25-22-27(36)15-17-33(25,30)2/h6-7,10,21,23,25-26,29-32,35,37H,3-5,8-9,11-20,22H2,1-2H3/t23-,25?,29?,30?,31?,32?,33+,34-/m1/s1. The highest BCUT2D eigenvalue weighted by Gasteiger charge is 2.61. The molecule has 0 spiro atoms. The topological polar surface area (TPSA) is 58.6 Å². The number of Topliss-reactive ketones (excluding diaryl/α,β-unsaturated/α-hetero) is 1. The number of hydrogen-bond donors (Lipinski definition) is 2. The van der Waals surface area contributed by atoms with E-state index >= 15 is 0 Å². The maximum absolute atomic E-state index is 12.2. The summed E-state index contributed by atoms with van der Waals surface area (Å²) in [5, 5.41) is 15.2. The zero-order valence-electron chi connectivity index (χ0n) is 23.9. The van der Waals surface area contributed by atoms with E-state index in [-0.39, 0.29) is 11.5 Å². The summed E-state index contributed by atoms with van der Waals surface area (Å²) in [5.41, 5.74) is 1.65. The van der Waals surface area contributed by atoms with Gasteiger partial charge in [-0.05, 0) is 118 Å². The Morgan fingerprint density at radius 3 is 2.71 bits per heavy atom. The van der Waals surface area contributed by atoms with E-state index in [4.69, 9.17) is 4.74 Å². The molecule has 5 saturated carbocycles. The molecule has 2 N–H and O–H groups in total.